The molecular formula is C23H25FN4O2. The Balaban J connectivity index is 1.48. The number of nitrogens with zero attached hydrogens (tertiary/aromatic N) is 3. The average Bonchev–Trinajstić information content (AvgIpc) is 3.11. The Labute approximate surface area is 174 Å². The highest BCUT2D eigenvalue weighted by Crippen LogP contribution is 2.23. The molecule has 1 aliphatic heterocycles. The molecular weight excluding hydrogens is 383 g/mol. The van der Waals surface area contributed by atoms with Crippen molar-refractivity contribution >= 4 is 28.8 Å². The van der Waals surface area contributed by atoms with Crippen LogP contribution in [0.4, 0.5) is 10.3 Å². The molecule has 1 N–H and O–H groups in total. The zero-order chi connectivity index (χ0) is 21.1. The van der Waals surface area contributed by atoms with Gasteiger partial charge in [-0.05, 0) is 55.7 Å². The number of amides is 2. The lowest BCUT2D eigenvalue weighted by atomic mass is 9.96. The van der Waals surface area contributed by atoms with E-state index in [2.05, 4.69) is 17.2 Å². The number of anilines is 1. The predicted octanol–water partition coefficient (Wildman–Crippen LogP) is 4.08. The maximum atomic E-state index is 13.1. The molecule has 2 amide bonds. The van der Waals surface area contributed by atoms with Gasteiger partial charge in [0, 0.05) is 25.2 Å². The number of hydrogen-bond acceptors (Lipinski definition) is 3. The van der Waals surface area contributed by atoms with Gasteiger partial charge in [0.25, 0.3) is 5.91 Å². The van der Waals surface area contributed by atoms with Crippen LogP contribution in [0.25, 0.3) is 11.0 Å². The van der Waals surface area contributed by atoms with Crippen LogP contribution >= 0.6 is 0 Å². The molecule has 3 aromatic rings. The number of aryl methyl sites for hydroxylation is 1. The van der Waals surface area contributed by atoms with Gasteiger partial charge in [0.05, 0.1) is 17.0 Å². The number of carbonyl (C=O) groups is 2. The van der Waals surface area contributed by atoms with Crippen molar-refractivity contribution in [3.05, 3.63) is 59.9 Å². The van der Waals surface area contributed by atoms with Gasteiger partial charge in [0.2, 0.25) is 11.9 Å². The molecule has 0 saturated carbocycles. The van der Waals surface area contributed by atoms with Crippen LogP contribution in [0.3, 0.4) is 0 Å². The molecule has 7 heteroatoms. The average molecular weight is 408 g/mol. The van der Waals surface area contributed by atoms with Crippen LogP contribution < -0.4 is 5.32 Å². The highest BCUT2D eigenvalue weighted by atomic mass is 19.1. The molecule has 4 rings (SSSR count). The summed E-state index contributed by atoms with van der Waals surface area (Å²) < 4.78 is 15.2. The number of aromatic nitrogens is 2. The van der Waals surface area contributed by atoms with E-state index in [4.69, 9.17) is 0 Å². The highest BCUT2D eigenvalue weighted by Gasteiger charge is 2.29. The molecule has 0 spiro atoms. The Bertz CT molecular complexity index is 1060. The minimum Gasteiger partial charge on any atom is -0.338 e. The standard InChI is InChI=1S/C23H25FN4O2/c1-2-13-28-20-8-4-3-7-19(20)25-23(28)26-21(29)17-6-5-14-27(15-17)22(30)16-9-11-18(24)12-10-16/h3-4,7-12,17H,2,5-6,13-15H2,1H3,(H,25,26,29). The Hall–Kier alpha value is -3.22. The van der Waals surface area contributed by atoms with Crippen molar-refractivity contribution in [2.24, 2.45) is 5.92 Å². The number of fused-ring (bicyclic) bond motifs is 1. The zero-order valence-corrected chi connectivity index (χ0v) is 17.0. The molecule has 6 nitrogen and oxygen atoms in total. The van der Waals surface area contributed by atoms with Crippen molar-refractivity contribution in [3.63, 3.8) is 0 Å². The van der Waals surface area contributed by atoms with Crippen LogP contribution in [0, 0.1) is 11.7 Å². The summed E-state index contributed by atoms with van der Waals surface area (Å²) in [5.74, 6) is -0.439. The van der Waals surface area contributed by atoms with Gasteiger partial charge < -0.3 is 9.47 Å². The summed E-state index contributed by atoms with van der Waals surface area (Å²) in [6.07, 6.45) is 2.38. The van der Waals surface area contributed by atoms with Gasteiger partial charge in [-0.2, -0.15) is 0 Å². The third kappa shape index (κ3) is 4.06. The first-order valence-corrected chi connectivity index (χ1v) is 10.4. The van der Waals surface area contributed by atoms with E-state index < -0.39 is 0 Å². The second kappa shape index (κ2) is 8.65. The van der Waals surface area contributed by atoms with Gasteiger partial charge in [-0.1, -0.05) is 19.1 Å². The number of benzene rings is 2. The molecule has 1 aromatic heterocycles. The van der Waals surface area contributed by atoms with Crippen molar-refractivity contribution in [3.8, 4) is 0 Å². The van der Waals surface area contributed by atoms with Gasteiger partial charge in [-0.15, -0.1) is 0 Å². The molecule has 1 unspecified atom stereocenters. The number of likely N-dealkylation sites (tertiary alicyclic amines) is 1. The number of para-hydroxylation sites is 2. The van der Waals surface area contributed by atoms with Gasteiger partial charge in [0.15, 0.2) is 0 Å². The quantitative estimate of drug-likeness (QED) is 0.692. The van der Waals surface area contributed by atoms with Gasteiger partial charge in [-0.3, -0.25) is 14.9 Å². The topological polar surface area (TPSA) is 67.2 Å². The van der Waals surface area contributed by atoms with E-state index in [0.717, 1.165) is 30.4 Å². The van der Waals surface area contributed by atoms with Crippen molar-refractivity contribution < 1.29 is 14.0 Å². The van der Waals surface area contributed by atoms with Crippen LogP contribution in [0.2, 0.25) is 0 Å². The summed E-state index contributed by atoms with van der Waals surface area (Å²) >= 11 is 0. The number of hydrogen-bond donors (Lipinski definition) is 1. The SMILES string of the molecule is CCCn1c(NC(=O)C2CCCN(C(=O)c3ccc(F)cc3)C2)nc2ccccc21. The first-order valence-electron chi connectivity index (χ1n) is 10.4. The van der Waals surface area contributed by atoms with E-state index in [0.29, 0.717) is 31.0 Å². The molecule has 156 valence electrons. The van der Waals surface area contributed by atoms with Gasteiger partial charge in [-0.25, -0.2) is 9.37 Å². The van der Waals surface area contributed by atoms with E-state index in [1.54, 1.807) is 4.90 Å². The lowest BCUT2D eigenvalue weighted by Crippen LogP contribution is -2.44. The van der Waals surface area contributed by atoms with E-state index in [1.165, 1.54) is 24.3 Å². The summed E-state index contributed by atoms with van der Waals surface area (Å²) in [5, 5.41) is 2.99. The molecule has 1 saturated heterocycles. The van der Waals surface area contributed by atoms with Crippen molar-refractivity contribution in [1.29, 1.82) is 0 Å². The van der Waals surface area contributed by atoms with Crippen LogP contribution in [0.1, 0.15) is 36.5 Å². The third-order valence-electron chi connectivity index (χ3n) is 5.51. The highest BCUT2D eigenvalue weighted by molar-refractivity contribution is 5.96. The van der Waals surface area contributed by atoms with Crippen molar-refractivity contribution in [2.75, 3.05) is 18.4 Å². The lowest BCUT2D eigenvalue weighted by molar-refractivity contribution is -0.121. The third-order valence-corrected chi connectivity index (χ3v) is 5.51. The number of carbonyl (C=O) groups excluding carboxylic acids is 2. The first-order chi connectivity index (χ1) is 14.6. The van der Waals surface area contributed by atoms with Gasteiger partial charge in [0.1, 0.15) is 5.82 Å². The fourth-order valence-corrected chi connectivity index (χ4v) is 3.98. The van der Waals surface area contributed by atoms with Crippen LogP contribution in [0.5, 0.6) is 0 Å². The second-order valence-electron chi connectivity index (χ2n) is 7.66. The zero-order valence-electron chi connectivity index (χ0n) is 17.0. The molecule has 2 heterocycles. The molecule has 30 heavy (non-hydrogen) atoms. The van der Waals surface area contributed by atoms with E-state index in [1.807, 2.05) is 28.8 Å². The van der Waals surface area contributed by atoms with Crippen LogP contribution in [-0.4, -0.2) is 39.4 Å². The number of nitrogens with one attached hydrogen (secondary N) is 1. The number of halogens is 1. The Kier molecular flexibility index (Phi) is 5.79. The minimum absolute atomic E-state index is 0.126. The van der Waals surface area contributed by atoms with E-state index in [-0.39, 0.29) is 23.5 Å². The van der Waals surface area contributed by atoms with Gasteiger partial charge >= 0.3 is 0 Å². The Morgan fingerprint density at radius 2 is 1.93 bits per heavy atom. The summed E-state index contributed by atoms with van der Waals surface area (Å²) in [5.41, 5.74) is 2.27. The second-order valence-corrected chi connectivity index (χ2v) is 7.66. The predicted molar refractivity (Wildman–Crippen MR) is 114 cm³/mol. The fraction of sp³-hybridized carbons (Fsp3) is 0.348. The van der Waals surface area contributed by atoms with Crippen molar-refractivity contribution in [1.82, 2.24) is 14.5 Å². The largest absolute Gasteiger partial charge is 0.338 e. The number of rotatable bonds is 5. The molecule has 1 atom stereocenters. The summed E-state index contributed by atoms with van der Waals surface area (Å²) in [4.78, 5) is 32.0. The summed E-state index contributed by atoms with van der Waals surface area (Å²) in [6.45, 7) is 3.78. The molecule has 2 aromatic carbocycles. The van der Waals surface area contributed by atoms with E-state index >= 15 is 0 Å². The summed E-state index contributed by atoms with van der Waals surface area (Å²) in [7, 11) is 0. The maximum Gasteiger partial charge on any atom is 0.253 e. The molecule has 0 radical (unpaired) electrons. The fourth-order valence-electron chi connectivity index (χ4n) is 3.98. The van der Waals surface area contributed by atoms with E-state index in [9.17, 15) is 14.0 Å². The number of imidazole rings is 1. The first kappa shape index (κ1) is 20.1. The molecule has 0 aliphatic carbocycles. The minimum atomic E-state index is -0.377. The monoisotopic (exact) mass is 408 g/mol. The van der Waals surface area contributed by atoms with Crippen LogP contribution in [0.15, 0.2) is 48.5 Å². The maximum absolute atomic E-state index is 13.1. The Morgan fingerprint density at radius 3 is 2.70 bits per heavy atom. The van der Waals surface area contributed by atoms with Crippen LogP contribution in [-0.2, 0) is 11.3 Å². The molecule has 0 bridgehead atoms. The lowest BCUT2D eigenvalue weighted by Gasteiger charge is -2.32. The Morgan fingerprint density at radius 1 is 1.17 bits per heavy atom. The smallest absolute Gasteiger partial charge is 0.253 e. The normalized spacial score (nSPS) is 16.6. The number of piperidine rings is 1. The summed E-state index contributed by atoms with van der Waals surface area (Å²) in [6, 6.07) is 13.3. The molecule has 1 fully saturated rings. The van der Waals surface area contributed by atoms with Crippen molar-refractivity contribution in [2.45, 2.75) is 32.7 Å². The molecule has 1 aliphatic rings.